The van der Waals surface area contributed by atoms with Crippen molar-refractivity contribution in [2.75, 3.05) is 0 Å². The maximum atomic E-state index is 13.1. The summed E-state index contributed by atoms with van der Waals surface area (Å²) < 4.78 is 7.11. The van der Waals surface area contributed by atoms with E-state index in [4.69, 9.17) is 4.74 Å². The highest BCUT2D eigenvalue weighted by atomic mass is 32.1. The zero-order valence-corrected chi connectivity index (χ0v) is 16.0. The van der Waals surface area contributed by atoms with Crippen molar-refractivity contribution in [1.29, 1.82) is 0 Å². The molecule has 2 aromatic rings. The van der Waals surface area contributed by atoms with Crippen LogP contribution in [0.25, 0.3) is 11.0 Å². The lowest BCUT2D eigenvalue weighted by molar-refractivity contribution is -0.162. The Morgan fingerprint density at radius 2 is 2.04 bits per heavy atom. The molecular formula is C18H23N3O3S. The van der Waals surface area contributed by atoms with Gasteiger partial charge in [-0.3, -0.25) is 8.77 Å². The topological polar surface area (TPSA) is 64.4 Å². The summed E-state index contributed by atoms with van der Waals surface area (Å²) in [5, 5.41) is 0.811. The lowest BCUT2D eigenvalue weighted by Crippen LogP contribution is -2.50. The van der Waals surface area contributed by atoms with Crippen LogP contribution in [0.4, 0.5) is 0 Å². The minimum atomic E-state index is -0.647. The first kappa shape index (κ1) is 17.8. The zero-order valence-electron chi connectivity index (χ0n) is 15.1. The number of esters is 1. The number of hydrogen-bond acceptors (Lipinski definition) is 5. The van der Waals surface area contributed by atoms with Crippen LogP contribution in [0.2, 0.25) is 0 Å². The molecule has 25 heavy (non-hydrogen) atoms. The van der Waals surface area contributed by atoms with Gasteiger partial charge in [0.05, 0.1) is 5.56 Å². The fourth-order valence-corrected chi connectivity index (χ4v) is 3.52. The monoisotopic (exact) mass is 361 g/mol. The van der Waals surface area contributed by atoms with E-state index in [1.54, 1.807) is 21.3 Å². The van der Waals surface area contributed by atoms with E-state index in [0.29, 0.717) is 17.8 Å². The Labute approximate surface area is 152 Å². The lowest BCUT2D eigenvalue weighted by atomic mass is 9.96. The number of amides is 1. The maximum absolute atomic E-state index is 13.1. The van der Waals surface area contributed by atoms with Crippen LogP contribution >= 0.6 is 12.8 Å². The van der Waals surface area contributed by atoms with Gasteiger partial charge in [-0.25, -0.2) is 9.78 Å². The normalized spacial score (nSPS) is 15.8. The van der Waals surface area contributed by atoms with Gasteiger partial charge >= 0.3 is 5.97 Å². The maximum Gasteiger partial charge on any atom is 0.329 e. The van der Waals surface area contributed by atoms with Crippen molar-refractivity contribution >= 4 is 35.7 Å². The summed E-state index contributed by atoms with van der Waals surface area (Å²) in [6.07, 6.45) is 3.35. The van der Waals surface area contributed by atoms with E-state index >= 15 is 0 Å². The third-order valence-corrected chi connectivity index (χ3v) is 4.51. The average molecular weight is 361 g/mol. The molecule has 7 heteroatoms. The molecule has 1 amide bonds. The Morgan fingerprint density at radius 1 is 1.36 bits per heavy atom. The van der Waals surface area contributed by atoms with Crippen LogP contribution in [0.15, 0.2) is 18.5 Å². The predicted octanol–water partition coefficient (Wildman–Crippen LogP) is 3.05. The Hall–Kier alpha value is -2.02. The molecule has 0 saturated carbocycles. The zero-order chi connectivity index (χ0) is 18.5. The SMILES string of the molecule is CC(C)C(C(=O)OC(C)(C)C)N1Cc2ccnc3c2c(cn3S)C1=O. The molecule has 6 nitrogen and oxygen atoms in total. The van der Waals surface area contributed by atoms with Gasteiger partial charge in [0.2, 0.25) is 0 Å². The van der Waals surface area contributed by atoms with Crippen molar-refractivity contribution in [3.63, 3.8) is 0 Å². The number of ether oxygens (including phenoxy) is 1. The fourth-order valence-electron chi connectivity index (χ4n) is 3.25. The van der Waals surface area contributed by atoms with Crippen molar-refractivity contribution in [3.05, 3.63) is 29.6 Å². The number of aromatic nitrogens is 2. The molecule has 0 N–H and O–H groups in total. The van der Waals surface area contributed by atoms with E-state index in [-0.39, 0.29) is 17.8 Å². The third kappa shape index (κ3) is 3.13. The van der Waals surface area contributed by atoms with Gasteiger partial charge in [-0.1, -0.05) is 26.7 Å². The van der Waals surface area contributed by atoms with Crippen LogP contribution in [0.3, 0.4) is 0 Å². The number of carbonyl (C=O) groups is 2. The second kappa shape index (κ2) is 6.05. The third-order valence-electron chi connectivity index (χ3n) is 4.20. The van der Waals surface area contributed by atoms with Crippen LogP contribution in [0, 0.1) is 5.92 Å². The fraction of sp³-hybridized carbons (Fsp3) is 0.500. The number of carbonyl (C=O) groups excluding carboxylic acids is 2. The molecule has 1 aliphatic rings. The van der Waals surface area contributed by atoms with Crippen molar-refractivity contribution in [2.45, 2.75) is 52.8 Å². The van der Waals surface area contributed by atoms with E-state index in [2.05, 4.69) is 17.8 Å². The second-order valence-electron chi connectivity index (χ2n) is 7.71. The molecule has 0 aliphatic carbocycles. The highest BCUT2D eigenvalue weighted by Gasteiger charge is 2.39. The van der Waals surface area contributed by atoms with Crippen molar-refractivity contribution in [1.82, 2.24) is 13.9 Å². The van der Waals surface area contributed by atoms with Gasteiger partial charge in [0.1, 0.15) is 11.6 Å². The number of thiol groups is 1. The van der Waals surface area contributed by atoms with E-state index in [1.807, 2.05) is 40.7 Å². The molecule has 0 saturated heterocycles. The van der Waals surface area contributed by atoms with Crippen LogP contribution < -0.4 is 0 Å². The Morgan fingerprint density at radius 3 is 2.64 bits per heavy atom. The first-order valence-electron chi connectivity index (χ1n) is 8.32. The van der Waals surface area contributed by atoms with Crippen molar-refractivity contribution < 1.29 is 14.3 Å². The van der Waals surface area contributed by atoms with E-state index in [1.165, 1.54) is 0 Å². The molecule has 1 aliphatic heterocycles. The predicted molar refractivity (Wildman–Crippen MR) is 98.5 cm³/mol. The van der Waals surface area contributed by atoms with Gasteiger partial charge in [-0.2, -0.15) is 0 Å². The van der Waals surface area contributed by atoms with E-state index in [9.17, 15) is 9.59 Å². The van der Waals surface area contributed by atoms with E-state index in [0.717, 1.165) is 10.9 Å². The number of pyridine rings is 1. The number of nitrogens with zero attached hydrogens (tertiary/aromatic N) is 3. The molecular weight excluding hydrogens is 338 g/mol. The molecule has 134 valence electrons. The van der Waals surface area contributed by atoms with Gasteiger partial charge in [0, 0.05) is 24.3 Å². The first-order valence-corrected chi connectivity index (χ1v) is 8.72. The second-order valence-corrected chi connectivity index (χ2v) is 8.14. The summed E-state index contributed by atoms with van der Waals surface area (Å²) in [7, 11) is 0. The molecule has 0 aromatic carbocycles. The Balaban J connectivity index is 2.02. The molecule has 1 unspecified atom stereocenters. The molecule has 3 rings (SSSR count). The largest absolute Gasteiger partial charge is 0.458 e. The summed E-state index contributed by atoms with van der Waals surface area (Å²) in [6, 6.07) is 1.23. The van der Waals surface area contributed by atoms with Gasteiger partial charge in [0.15, 0.2) is 5.65 Å². The van der Waals surface area contributed by atoms with Crippen molar-refractivity contribution in [2.24, 2.45) is 5.92 Å². The van der Waals surface area contributed by atoms with Crippen molar-refractivity contribution in [3.8, 4) is 0 Å². The van der Waals surface area contributed by atoms with Crippen LogP contribution in [0.5, 0.6) is 0 Å². The van der Waals surface area contributed by atoms with Gasteiger partial charge in [-0.15, -0.1) is 0 Å². The minimum Gasteiger partial charge on any atom is -0.458 e. The minimum absolute atomic E-state index is 0.0734. The molecule has 0 fully saturated rings. The van der Waals surface area contributed by atoms with Crippen LogP contribution in [0.1, 0.15) is 50.5 Å². The molecule has 2 aromatic heterocycles. The van der Waals surface area contributed by atoms with Gasteiger partial charge in [-0.05, 0) is 38.3 Å². The summed E-state index contributed by atoms with van der Waals surface area (Å²) >= 11 is 4.35. The smallest absolute Gasteiger partial charge is 0.329 e. The summed E-state index contributed by atoms with van der Waals surface area (Å²) in [6.45, 7) is 9.67. The van der Waals surface area contributed by atoms with Gasteiger partial charge < -0.3 is 9.64 Å². The highest BCUT2D eigenvalue weighted by molar-refractivity contribution is 7.78. The van der Waals surface area contributed by atoms with Crippen LogP contribution in [-0.2, 0) is 16.1 Å². The highest BCUT2D eigenvalue weighted by Crippen LogP contribution is 2.33. The quantitative estimate of drug-likeness (QED) is 0.674. The Bertz CT molecular complexity index is 851. The molecule has 3 heterocycles. The first-order chi connectivity index (χ1) is 11.6. The van der Waals surface area contributed by atoms with Crippen LogP contribution in [-0.4, -0.2) is 37.4 Å². The summed E-state index contributed by atoms with van der Waals surface area (Å²) in [5.41, 5.74) is 1.53. The molecule has 0 radical (unpaired) electrons. The Kier molecular flexibility index (Phi) is 4.31. The average Bonchev–Trinajstić information content (AvgIpc) is 2.81. The number of rotatable bonds is 3. The van der Waals surface area contributed by atoms with E-state index < -0.39 is 11.6 Å². The molecule has 0 bridgehead atoms. The standard InChI is InChI=1S/C18H23N3O3S/c1-10(2)14(17(23)24-18(3,4)5)20-8-11-6-7-19-15-13(11)12(16(20)22)9-21(15)25/h6-7,9-10,14,25H,8H2,1-5H3. The summed E-state index contributed by atoms with van der Waals surface area (Å²) in [4.78, 5) is 31.7. The number of hydrogen-bond donors (Lipinski definition) is 1. The summed E-state index contributed by atoms with van der Waals surface area (Å²) in [5.74, 6) is -0.645. The molecule has 0 spiro atoms. The van der Waals surface area contributed by atoms with Gasteiger partial charge in [0.25, 0.3) is 5.91 Å². The molecule has 1 atom stereocenters. The lowest BCUT2D eigenvalue weighted by Gasteiger charge is -2.36.